The molecule has 0 radical (unpaired) electrons. The second-order valence-electron chi connectivity index (χ2n) is 4.72. The van der Waals surface area contributed by atoms with Crippen molar-refractivity contribution in [2.24, 2.45) is 5.73 Å². The minimum Gasteiger partial charge on any atom is -0.330 e. The summed E-state index contributed by atoms with van der Waals surface area (Å²) < 4.78 is 0. The average Bonchev–Trinajstić information content (AvgIpc) is 2.86. The predicted octanol–water partition coefficient (Wildman–Crippen LogP) is 2.42. The Balaban J connectivity index is 1.91. The Labute approximate surface area is 108 Å². The molecule has 1 fully saturated rings. The van der Waals surface area contributed by atoms with Crippen molar-refractivity contribution in [3.63, 3.8) is 0 Å². The first-order valence-corrected chi connectivity index (χ1v) is 6.64. The van der Waals surface area contributed by atoms with Crippen LogP contribution in [-0.4, -0.2) is 30.1 Å². The summed E-state index contributed by atoms with van der Waals surface area (Å²) in [5.74, 6) is 0. The number of rotatable bonds is 4. The highest BCUT2D eigenvalue weighted by atomic mass is 16.2. The van der Waals surface area contributed by atoms with E-state index in [0.717, 1.165) is 37.9 Å². The predicted molar refractivity (Wildman–Crippen MR) is 73.5 cm³/mol. The molecule has 1 aliphatic rings. The van der Waals surface area contributed by atoms with Crippen LogP contribution in [0.3, 0.4) is 0 Å². The Bertz CT molecular complexity index is 380. The number of hydrogen-bond acceptors (Lipinski definition) is 2. The van der Waals surface area contributed by atoms with Crippen molar-refractivity contribution < 1.29 is 4.79 Å². The van der Waals surface area contributed by atoms with E-state index in [2.05, 4.69) is 5.32 Å². The van der Waals surface area contributed by atoms with Gasteiger partial charge in [-0.2, -0.15) is 0 Å². The van der Waals surface area contributed by atoms with Crippen molar-refractivity contribution >= 4 is 11.7 Å². The van der Waals surface area contributed by atoms with E-state index < -0.39 is 0 Å². The molecule has 1 atom stereocenters. The fourth-order valence-electron chi connectivity index (χ4n) is 2.47. The number of urea groups is 1. The standard InChI is InChI=1S/C14H21N3O/c15-10-4-8-13-9-5-11-17(13)14(18)16-12-6-2-1-3-7-12/h1-3,6-7,13H,4-5,8-11,15H2,(H,16,18). The lowest BCUT2D eigenvalue weighted by molar-refractivity contribution is 0.203. The van der Waals surface area contributed by atoms with Gasteiger partial charge in [0.15, 0.2) is 0 Å². The molecule has 1 aliphatic heterocycles. The molecule has 0 aliphatic carbocycles. The van der Waals surface area contributed by atoms with Gasteiger partial charge < -0.3 is 16.0 Å². The van der Waals surface area contributed by atoms with Crippen LogP contribution >= 0.6 is 0 Å². The van der Waals surface area contributed by atoms with Crippen LogP contribution in [0, 0.1) is 0 Å². The highest BCUT2D eigenvalue weighted by molar-refractivity contribution is 5.89. The van der Waals surface area contributed by atoms with Crippen LogP contribution in [0.15, 0.2) is 30.3 Å². The van der Waals surface area contributed by atoms with E-state index in [0.29, 0.717) is 12.6 Å². The van der Waals surface area contributed by atoms with Gasteiger partial charge in [0, 0.05) is 18.3 Å². The number of benzene rings is 1. The maximum atomic E-state index is 12.2. The molecule has 0 bridgehead atoms. The first-order chi connectivity index (χ1) is 8.81. The molecule has 1 aromatic rings. The maximum Gasteiger partial charge on any atom is 0.322 e. The third kappa shape index (κ3) is 3.23. The zero-order valence-corrected chi connectivity index (χ0v) is 10.6. The molecule has 0 saturated carbocycles. The van der Waals surface area contributed by atoms with Gasteiger partial charge >= 0.3 is 6.03 Å². The Hall–Kier alpha value is -1.55. The number of hydrogen-bond donors (Lipinski definition) is 2. The molecule has 4 nitrogen and oxygen atoms in total. The van der Waals surface area contributed by atoms with Crippen molar-refractivity contribution in [1.82, 2.24) is 4.90 Å². The average molecular weight is 247 g/mol. The number of amides is 2. The van der Waals surface area contributed by atoms with Gasteiger partial charge in [-0.1, -0.05) is 18.2 Å². The number of nitrogens with one attached hydrogen (secondary N) is 1. The molecular weight excluding hydrogens is 226 g/mol. The lowest BCUT2D eigenvalue weighted by Gasteiger charge is -2.24. The Morgan fingerprint density at radius 2 is 2.17 bits per heavy atom. The summed E-state index contributed by atoms with van der Waals surface area (Å²) in [6, 6.07) is 9.97. The lowest BCUT2D eigenvalue weighted by Crippen LogP contribution is -2.38. The van der Waals surface area contributed by atoms with Gasteiger partial charge in [-0.3, -0.25) is 0 Å². The summed E-state index contributed by atoms with van der Waals surface area (Å²) in [7, 11) is 0. The molecule has 2 rings (SSSR count). The minimum atomic E-state index is 0.0146. The van der Waals surface area contributed by atoms with Crippen LogP contribution in [0.5, 0.6) is 0 Å². The number of para-hydroxylation sites is 1. The van der Waals surface area contributed by atoms with E-state index in [-0.39, 0.29) is 6.03 Å². The summed E-state index contributed by atoms with van der Waals surface area (Å²) in [5, 5.41) is 2.95. The summed E-state index contributed by atoms with van der Waals surface area (Å²) in [4.78, 5) is 14.1. The molecule has 18 heavy (non-hydrogen) atoms. The van der Waals surface area contributed by atoms with Crippen LogP contribution in [0.25, 0.3) is 0 Å². The van der Waals surface area contributed by atoms with Crippen LogP contribution in [0.2, 0.25) is 0 Å². The number of carbonyl (C=O) groups is 1. The number of nitrogens with two attached hydrogens (primary N) is 1. The second-order valence-corrected chi connectivity index (χ2v) is 4.72. The monoisotopic (exact) mass is 247 g/mol. The van der Waals surface area contributed by atoms with Crippen molar-refractivity contribution in [3.05, 3.63) is 30.3 Å². The van der Waals surface area contributed by atoms with Crippen LogP contribution < -0.4 is 11.1 Å². The molecule has 1 aromatic carbocycles. The van der Waals surface area contributed by atoms with Crippen molar-refractivity contribution in [1.29, 1.82) is 0 Å². The summed E-state index contributed by atoms with van der Waals surface area (Å²) in [6.45, 7) is 1.55. The minimum absolute atomic E-state index is 0.0146. The fraction of sp³-hybridized carbons (Fsp3) is 0.500. The zero-order valence-electron chi connectivity index (χ0n) is 10.6. The van der Waals surface area contributed by atoms with Crippen molar-refractivity contribution in [2.45, 2.75) is 31.7 Å². The SMILES string of the molecule is NCCCC1CCCN1C(=O)Nc1ccccc1. The van der Waals surface area contributed by atoms with Gasteiger partial charge in [-0.15, -0.1) is 0 Å². The summed E-state index contributed by atoms with van der Waals surface area (Å²) in [5.41, 5.74) is 6.39. The van der Waals surface area contributed by atoms with Crippen LogP contribution in [0.4, 0.5) is 10.5 Å². The van der Waals surface area contributed by atoms with E-state index in [4.69, 9.17) is 5.73 Å². The molecule has 2 amide bonds. The van der Waals surface area contributed by atoms with Gasteiger partial charge in [0.2, 0.25) is 0 Å². The molecular formula is C14H21N3O. The van der Waals surface area contributed by atoms with Crippen molar-refractivity contribution in [3.8, 4) is 0 Å². The van der Waals surface area contributed by atoms with Crippen LogP contribution in [-0.2, 0) is 0 Å². The molecule has 1 unspecified atom stereocenters. The Morgan fingerprint density at radius 1 is 1.39 bits per heavy atom. The molecule has 1 saturated heterocycles. The number of nitrogens with zero attached hydrogens (tertiary/aromatic N) is 1. The van der Waals surface area contributed by atoms with Gasteiger partial charge in [-0.05, 0) is 44.4 Å². The van der Waals surface area contributed by atoms with E-state index in [1.54, 1.807) is 0 Å². The number of likely N-dealkylation sites (tertiary alicyclic amines) is 1. The Morgan fingerprint density at radius 3 is 2.89 bits per heavy atom. The first-order valence-electron chi connectivity index (χ1n) is 6.64. The smallest absolute Gasteiger partial charge is 0.322 e. The van der Waals surface area contributed by atoms with Gasteiger partial charge in [0.05, 0.1) is 0 Å². The third-order valence-electron chi connectivity index (χ3n) is 3.40. The lowest BCUT2D eigenvalue weighted by atomic mass is 10.1. The second kappa shape index (κ2) is 6.40. The van der Waals surface area contributed by atoms with E-state index in [9.17, 15) is 4.79 Å². The molecule has 0 spiro atoms. The van der Waals surface area contributed by atoms with E-state index in [1.165, 1.54) is 0 Å². The highest BCUT2D eigenvalue weighted by Gasteiger charge is 2.27. The largest absolute Gasteiger partial charge is 0.330 e. The number of anilines is 1. The number of carbonyl (C=O) groups excluding carboxylic acids is 1. The normalized spacial score (nSPS) is 18.9. The Kier molecular flexibility index (Phi) is 4.59. The van der Waals surface area contributed by atoms with Gasteiger partial charge in [0.1, 0.15) is 0 Å². The molecule has 0 aromatic heterocycles. The molecule has 98 valence electrons. The van der Waals surface area contributed by atoms with E-state index in [1.807, 2.05) is 35.2 Å². The first kappa shape index (κ1) is 12.9. The summed E-state index contributed by atoms with van der Waals surface area (Å²) in [6.07, 6.45) is 4.19. The maximum absolute atomic E-state index is 12.2. The fourth-order valence-corrected chi connectivity index (χ4v) is 2.47. The van der Waals surface area contributed by atoms with E-state index >= 15 is 0 Å². The van der Waals surface area contributed by atoms with Gasteiger partial charge in [-0.25, -0.2) is 4.79 Å². The van der Waals surface area contributed by atoms with Crippen LogP contribution in [0.1, 0.15) is 25.7 Å². The third-order valence-corrected chi connectivity index (χ3v) is 3.40. The van der Waals surface area contributed by atoms with Gasteiger partial charge in [0.25, 0.3) is 0 Å². The molecule has 3 N–H and O–H groups in total. The summed E-state index contributed by atoms with van der Waals surface area (Å²) >= 11 is 0. The highest BCUT2D eigenvalue weighted by Crippen LogP contribution is 2.22. The molecule has 4 heteroatoms. The van der Waals surface area contributed by atoms with Crippen molar-refractivity contribution in [2.75, 3.05) is 18.4 Å². The topological polar surface area (TPSA) is 58.4 Å². The molecule has 1 heterocycles. The quantitative estimate of drug-likeness (QED) is 0.858. The zero-order chi connectivity index (χ0) is 12.8.